The first-order valence-electron chi connectivity index (χ1n) is 2.64. The molecule has 73 valence electrons. The predicted octanol–water partition coefficient (Wildman–Crippen LogP) is 2.39. The van der Waals surface area contributed by atoms with Crippen molar-refractivity contribution in [3.8, 4) is 0 Å². The van der Waals surface area contributed by atoms with E-state index in [2.05, 4.69) is 21.4 Å². The van der Waals surface area contributed by atoms with Gasteiger partial charge in [0, 0.05) is 43.7 Å². The van der Waals surface area contributed by atoms with Crippen LogP contribution in [0.3, 0.4) is 0 Å². The summed E-state index contributed by atoms with van der Waals surface area (Å²) in [5, 5.41) is 0. The van der Waals surface area contributed by atoms with Crippen LogP contribution in [0.15, 0.2) is 36.4 Å². The molecule has 0 heterocycles. The third-order valence-corrected chi connectivity index (χ3v) is 0.667. The number of hydrogen-bond donors (Lipinski definition) is 0. The molecule has 0 fully saturated rings. The minimum atomic E-state index is -3.72. The first-order valence-corrected chi connectivity index (χ1v) is 5.78. The van der Waals surface area contributed by atoms with Gasteiger partial charge in [-0.3, -0.25) is 0 Å². The summed E-state index contributed by atoms with van der Waals surface area (Å²) in [6.07, 6.45) is 0. The standard InChI is InChI=1S/C6H6.Au.Cl2O2S/c1-2-4-6-5-3-1;;1-5(2,3)4/h1-6H;;. The van der Waals surface area contributed by atoms with Gasteiger partial charge in [-0.05, 0) is 0 Å². The van der Waals surface area contributed by atoms with Gasteiger partial charge in [-0.25, -0.2) is 0 Å². The van der Waals surface area contributed by atoms with Gasteiger partial charge in [0.1, 0.15) is 0 Å². The second-order valence-corrected chi connectivity index (χ2v) is 5.20. The van der Waals surface area contributed by atoms with Crippen molar-refractivity contribution in [1.82, 2.24) is 0 Å². The van der Waals surface area contributed by atoms with Gasteiger partial charge in [0.15, 0.2) is 0 Å². The fraction of sp³-hybridized carbons (Fsp3) is 0. The van der Waals surface area contributed by atoms with Gasteiger partial charge in [-0.15, -0.1) is 0 Å². The Bertz CT molecular complexity index is 240. The molecule has 0 aromatic heterocycles. The Balaban J connectivity index is 0. The molecule has 0 aliphatic rings. The molecule has 1 aromatic carbocycles. The third-order valence-electron chi connectivity index (χ3n) is 0.667. The SMILES string of the molecule is O=S(=O)(Cl)Cl.[Au].c1ccccc1. The van der Waals surface area contributed by atoms with E-state index in [-0.39, 0.29) is 22.4 Å². The van der Waals surface area contributed by atoms with Gasteiger partial charge in [0.2, 0.25) is 0 Å². The molecule has 0 saturated heterocycles. The minimum Gasteiger partial charge on any atom is -0.195 e. The molecule has 1 rings (SSSR count). The van der Waals surface area contributed by atoms with E-state index in [1.165, 1.54) is 0 Å². The van der Waals surface area contributed by atoms with E-state index in [9.17, 15) is 0 Å². The van der Waals surface area contributed by atoms with E-state index in [1.807, 2.05) is 36.4 Å². The van der Waals surface area contributed by atoms with Crippen LogP contribution >= 0.6 is 21.4 Å². The molecule has 0 N–H and O–H groups in total. The van der Waals surface area contributed by atoms with Crippen LogP contribution in [-0.2, 0) is 30.6 Å². The average Bonchev–Trinajstić information content (AvgIpc) is 1.88. The average molecular weight is 410 g/mol. The summed E-state index contributed by atoms with van der Waals surface area (Å²) < 4.78 is 18.3. The second-order valence-electron chi connectivity index (χ2n) is 1.53. The largest absolute Gasteiger partial charge is 0.317 e. The van der Waals surface area contributed by atoms with Gasteiger partial charge in [0.05, 0.1) is 0 Å². The molecule has 0 saturated carbocycles. The van der Waals surface area contributed by atoms with Gasteiger partial charge in [0.25, 0.3) is 0 Å². The monoisotopic (exact) mass is 409 g/mol. The fourth-order valence-electron chi connectivity index (χ4n) is 0.385. The smallest absolute Gasteiger partial charge is 0.195 e. The molecule has 1 aromatic rings. The maximum Gasteiger partial charge on any atom is 0.317 e. The molecule has 2 nitrogen and oxygen atoms in total. The van der Waals surface area contributed by atoms with Crippen LogP contribution in [0.5, 0.6) is 0 Å². The van der Waals surface area contributed by atoms with Crippen molar-refractivity contribution in [3.63, 3.8) is 0 Å². The van der Waals surface area contributed by atoms with Crippen LogP contribution in [-0.4, -0.2) is 8.42 Å². The van der Waals surface area contributed by atoms with E-state index in [1.54, 1.807) is 0 Å². The molecule has 0 spiro atoms. The van der Waals surface area contributed by atoms with Crippen LogP contribution in [0, 0.1) is 0 Å². The first kappa shape index (κ1) is 15.0. The summed E-state index contributed by atoms with van der Waals surface area (Å²) >= 11 is 0. The summed E-state index contributed by atoms with van der Waals surface area (Å²) in [7, 11) is 4.81. The molecule has 0 amide bonds. The fourth-order valence-corrected chi connectivity index (χ4v) is 0.385. The predicted molar refractivity (Wildman–Crippen MR) is 47.1 cm³/mol. The summed E-state index contributed by atoms with van der Waals surface area (Å²) in [6.45, 7) is 0. The molecule has 0 atom stereocenters. The van der Waals surface area contributed by atoms with Crippen molar-refractivity contribution in [2.24, 2.45) is 0 Å². The van der Waals surface area contributed by atoms with E-state index < -0.39 is 8.26 Å². The van der Waals surface area contributed by atoms with Crippen molar-refractivity contribution in [3.05, 3.63) is 36.4 Å². The molecule has 0 unspecified atom stereocenters. The van der Waals surface area contributed by atoms with Gasteiger partial charge in [-0.2, -0.15) is 8.42 Å². The van der Waals surface area contributed by atoms with Crippen LogP contribution < -0.4 is 0 Å². The van der Waals surface area contributed by atoms with Gasteiger partial charge >= 0.3 is 8.26 Å². The zero-order chi connectivity index (χ0) is 8.74. The molecule has 0 aliphatic heterocycles. The van der Waals surface area contributed by atoms with E-state index in [0.29, 0.717) is 0 Å². The van der Waals surface area contributed by atoms with E-state index in [4.69, 9.17) is 8.42 Å². The maximum absolute atomic E-state index is 9.16. The van der Waals surface area contributed by atoms with Gasteiger partial charge in [-0.1, -0.05) is 36.4 Å². The third kappa shape index (κ3) is 22.4. The van der Waals surface area contributed by atoms with Crippen LogP contribution in [0.1, 0.15) is 0 Å². The number of rotatable bonds is 0. The summed E-state index contributed by atoms with van der Waals surface area (Å²) in [5.41, 5.74) is 0. The zero-order valence-electron chi connectivity index (χ0n) is 5.75. The molecule has 6 heteroatoms. The number of halogens is 2. The van der Waals surface area contributed by atoms with Gasteiger partial charge < -0.3 is 0 Å². The Kier molecular flexibility index (Phi) is 10.1. The molecule has 0 bridgehead atoms. The summed E-state index contributed by atoms with van der Waals surface area (Å²) in [6, 6.07) is 12.0. The Morgan fingerprint density at radius 2 is 0.833 bits per heavy atom. The Hall–Kier alpha value is 0.490. The molecular formula is C6H6AuCl2O2S. The number of hydrogen-bond acceptors (Lipinski definition) is 2. The second kappa shape index (κ2) is 8.11. The Labute approximate surface area is 96.3 Å². The van der Waals surface area contributed by atoms with Crippen molar-refractivity contribution in [2.45, 2.75) is 0 Å². The van der Waals surface area contributed by atoms with Crippen molar-refractivity contribution < 1.29 is 30.8 Å². The van der Waals surface area contributed by atoms with Crippen LogP contribution in [0.4, 0.5) is 0 Å². The summed E-state index contributed by atoms with van der Waals surface area (Å²) in [4.78, 5) is 0. The van der Waals surface area contributed by atoms with Crippen LogP contribution in [0.25, 0.3) is 0 Å². The Morgan fingerprint density at radius 3 is 0.917 bits per heavy atom. The van der Waals surface area contributed by atoms with Crippen molar-refractivity contribution >= 4 is 29.6 Å². The zero-order valence-corrected chi connectivity index (χ0v) is 10.2. The molecule has 1 radical (unpaired) electrons. The quantitative estimate of drug-likeness (QED) is 0.487. The first-order chi connectivity index (χ1) is 5.00. The topological polar surface area (TPSA) is 34.1 Å². The minimum absolute atomic E-state index is 0. The molecule has 12 heavy (non-hydrogen) atoms. The van der Waals surface area contributed by atoms with E-state index in [0.717, 1.165) is 0 Å². The van der Waals surface area contributed by atoms with Crippen molar-refractivity contribution in [1.29, 1.82) is 0 Å². The van der Waals surface area contributed by atoms with Crippen molar-refractivity contribution in [2.75, 3.05) is 0 Å². The molecular weight excluding hydrogens is 404 g/mol. The molecule has 0 aliphatic carbocycles. The van der Waals surface area contributed by atoms with E-state index >= 15 is 0 Å². The Morgan fingerprint density at radius 1 is 0.750 bits per heavy atom. The summed E-state index contributed by atoms with van der Waals surface area (Å²) in [5.74, 6) is 0. The normalized spacial score (nSPS) is 8.83. The van der Waals surface area contributed by atoms with Crippen LogP contribution in [0.2, 0.25) is 0 Å². The maximum atomic E-state index is 9.16. The number of benzene rings is 1.